The number of aryl methyl sites for hydroxylation is 1. The lowest BCUT2D eigenvalue weighted by molar-refractivity contribution is -0.116. The normalized spacial score (nSPS) is 11.0. The Bertz CT molecular complexity index is 1040. The van der Waals surface area contributed by atoms with Crippen LogP contribution in [0, 0.1) is 5.82 Å². The standard InChI is InChI=1S/C20H16FN3O2/c21-14-6-3-13(4-7-14)5-10-19(25)22-15-8-9-16-17(12-15)24-20(23-16)18-2-1-11-26-18/h1-4,6-9,11-12H,5,10H2,(H,22,25)(H,23,24). The fourth-order valence-corrected chi connectivity index (χ4v) is 2.75. The molecule has 0 saturated carbocycles. The van der Waals surface area contributed by atoms with Crippen LogP contribution in [0.25, 0.3) is 22.6 Å². The molecule has 0 aliphatic rings. The minimum Gasteiger partial charge on any atom is -0.461 e. The van der Waals surface area contributed by atoms with Crippen LogP contribution in [0.15, 0.2) is 65.3 Å². The molecule has 26 heavy (non-hydrogen) atoms. The van der Waals surface area contributed by atoms with E-state index in [1.54, 1.807) is 24.5 Å². The second-order valence-corrected chi connectivity index (χ2v) is 5.97. The van der Waals surface area contributed by atoms with Crippen molar-refractivity contribution in [2.24, 2.45) is 0 Å². The summed E-state index contributed by atoms with van der Waals surface area (Å²) in [6.07, 6.45) is 2.47. The predicted octanol–water partition coefficient (Wildman–Crippen LogP) is 4.53. The number of nitrogens with zero attached hydrogens (tertiary/aromatic N) is 1. The fraction of sp³-hybridized carbons (Fsp3) is 0.100. The zero-order chi connectivity index (χ0) is 17.9. The molecular formula is C20H16FN3O2. The lowest BCUT2D eigenvalue weighted by Crippen LogP contribution is -2.12. The van der Waals surface area contributed by atoms with Crippen molar-refractivity contribution in [1.82, 2.24) is 9.97 Å². The van der Waals surface area contributed by atoms with Gasteiger partial charge in [0, 0.05) is 12.1 Å². The van der Waals surface area contributed by atoms with Crippen LogP contribution in [0.5, 0.6) is 0 Å². The molecule has 4 rings (SSSR count). The number of nitrogens with one attached hydrogen (secondary N) is 2. The molecule has 0 radical (unpaired) electrons. The Morgan fingerprint density at radius 1 is 1.15 bits per heavy atom. The van der Waals surface area contributed by atoms with E-state index in [9.17, 15) is 9.18 Å². The van der Waals surface area contributed by atoms with Crippen molar-refractivity contribution >= 4 is 22.6 Å². The van der Waals surface area contributed by atoms with Gasteiger partial charge in [0.05, 0.1) is 17.3 Å². The van der Waals surface area contributed by atoms with Gasteiger partial charge in [-0.3, -0.25) is 4.79 Å². The predicted molar refractivity (Wildman–Crippen MR) is 97.1 cm³/mol. The molecule has 2 aromatic heterocycles. The molecule has 6 heteroatoms. The number of amides is 1. The molecular weight excluding hydrogens is 333 g/mol. The van der Waals surface area contributed by atoms with Crippen LogP contribution >= 0.6 is 0 Å². The third-order valence-electron chi connectivity index (χ3n) is 4.07. The second kappa shape index (κ2) is 6.84. The lowest BCUT2D eigenvalue weighted by atomic mass is 10.1. The molecule has 0 unspecified atom stereocenters. The van der Waals surface area contributed by atoms with E-state index < -0.39 is 0 Å². The molecule has 5 nitrogen and oxygen atoms in total. The van der Waals surface area contributed by atoms with Gasteiger partial charge in [0.15, 0.2) is 11.6 Å². The minimum absolute atomic E-state index is 0.0977. The zero-order valence-electron chi connectivity index (χ0n) is 13.8. The van der Waals surface area contributed by atoms with Crippen molar-refractivity contribution in [3.05, 3.63) is 72.2 Å². The Labute approximate surface area is 148 Å². The molecule has 0 aliphatic heterocycles. The molecule has 0 fully saturated rings. The third-order valence-corrected chi connectivity index (χ3v) is 4.07. The Morgan fingerprint density at radius 2 is 2.00 bits per heavy atom. The van der Waals surface area contributed by atoms with Crippen LogP contribution in [0.2, 0.25) is 0 Å². The summed E-state index contributed by atoms with van der Waals surface area (Å²) in [6, 6.07) is 15.3. The minimum atomic E-state index is -0.278. The Balaban J connectivity index is 1.43. The molecule has 130 valence electrons. The van der Waals surface area contributed by atoms with Crippen LogP contribution in [-0.4, -0.2) is 15.9 Å². The smallest absolute Gasteiger partial charge is 0.224 e. The quantitative estimate of drug-likeness (QED) is 0.556. The van der Waals surface area contributed by atoms with Gasteiger partial charge in [-0.2, -0.15) is 0 Å². The molecule has 0 saturated heterocycles. The maximum Gasteiger partial charge on any atom is 0.224 e. The van der Waals surface area contributed by atoms with Crippen molar-refractivity contribution in [2.45, 2.75) is 12.8 Å². The van der Waals surface area contributed by atoms with Gasteiger partial charge in [-0.15, -0.1) is 0 Å². The first kappa shape index (κ1) is 16.1. The Morgan fingerprint density at radius 3 is 2.77 bits per heavy atom. The molecule has 0 spiro atoms. The lowest BCUT2D eigenvalue weighted by Gasteiger charge is -2.05. The van der Waals surface area contributed by atoms with Gasteiger partial charge in [-0.1, -0.05) is 12.1 Å². The maximum atomic E-state index is 12.9. The highest BCUT2D eigenvalue weighted by Gasteiger charge is 2.09. The largest absolute Gasteiger partial charge is 0.461 e. The van der Waals surface area contributed by atoms with Crippen LogP contribution in [0.4, 0.5) is 10.1 Å². The summed E-state index contributed by atoms with van der Waals surface area (Å²) >= 11 is 0. The number of imidazole rings is 1. The second-order valence-electron chi connectivity index (χ2n) is 5.97. The Kier molecular flexibility index (Phi) is 4.23. The molecule has 2 aromatic carbocycles. The monoisotopic (exact) mass is 349 g/mol. The van der Waals surface area contributed by atoms with Crippen LogP contribution in [-0.2, 0) is 11.2 Å². The number of fused-ring (bicyclic) bond motifs is 1. The first-order valence-electron chi connectivity index (χ1n) is 8.25. The highest BCUT2D eigenvalue weighted by atomic mass is 19.1. The summed E-state index contributed by atoms with van der Waals surface area (Å²) in [6.45, 7) is 0. The van der Waals surface area contributed by atoms with E-state index in [2.05, 4.69) is 15.3 Å². The van der Waals surface area contributed by atoms with Crippen molar-refractivity contribution in [1.29, 1.82) is 0 Å². The molecule has 1 amide bonds. The summed E-state index contributed by atoms with van der Waals surface area (Å²) in [5, 5.41) is 2.88. The van der Waals surface area contributed by atoms with Crippen LogP contribution < -0.4 is 5.32 Å². The zero-order valence-corrected chi connectivity index (χ0v) is 13.8. The molecule has 2 N–H and O–H groups in total. The van der Waals surface area contributed by atoms with Gasteiger partial charge >= 0.3 is 0 Å². The summed E-state index contributed by atoms with van der Waals surface area (Å²) < 4.78 is 18.2. The number of carbonyl (C=O) groups is 1. The van der Waals surface area contributed by atoms with E-state index in [1.807, 2.05) is 24.3 Å². The first-order chi connectivity index (χ1) is 12.7. The average molecular weight is 349 g/mol. The number of carbonyl (C=O) groups excluding carboxylic acids is 1. The topological polar surface area (TPSA) is 70.9 Å². The molecule has 0 atom stereocenters. The molecule has 2 heterocycles. The number of furan rings is 1. The number of H-pyrrole nitrogens is 1. The van der Waals surface area contributed by atoms with E-state index >= 15 is 0 Å². The van der Waals surface area contributed by atoms with E-state index in [-0.39, 0.29) is 11.7 Å². The SMILES string of the molecule is O=C(CCc1ccc(F)cc1)Nc1ccc2nc(-c3ccco3)[nH]c2c1. The molecule has 0 bridgehead atoms. The van der Waals surface area contributed by atoms with Gasteiger partial charge < -0.3 is 14.7 Å². The highest BCUT2D eigenvalue weighted by molar-refractivity contribution is 5.93. The van der Waals surface area contributed by atoms with Gasteiger partial charge in [-0.25, -0.2) is 9.37 Å². The van der Waals surface area contributed by atoms with Crippen molar-refractivity contribution in [3.63, 3.8) is 0 Å². The summed E-state index contributed by atoms with van der Waals surface area (Å²) in [5.41, 5.74) is 3.22. The van der Waals surface area contributed by atoms with Crippen molar-refractivity contribution in [2.75, 3.05) is 5.32 Å². The third kappa shape index (κ3) is 3.49. The van der Waals surface area contributed by atoms with E-state index in [4.69, 9.17) is 4.42 Å². The maximum absolute atomic E-state index is 12.9. The van der Waals surface area contributed by atoms with Crippen molar-refractivity contribution < 1.29 is 13.6 Å². The van der Waals surface area contributed by atoms with Gasteiger partial charge in [0.25, 0.3) is 0 Å². The molecule has 4 aromatic rings. The Hall–Kier alpha value is -3.41. The van der Waals surface area contributed by atoms with Gasteiger partial charge in [0.2, 0.25) is 5.91 Å². The number of aromatic nitrogens is 2. The van der Waals surface area contributed by atoms with Crippen LogP contribution in [0.1, 0.15) is 12.0 Å². The number of rotatable bonds is 5. The summed E-state index contributed by atoms with van der Waals surface area (Å²) in [5.74, 6) is 0.926. The summed E-state index contributed by atoms with van der Waals surface area (Å²) in [7, 11) is 0. The number of hydrogen-bond donors (Lipinski definition) is 2. The van der Waals surface area contributed by atoms with Crippen molar-refractivity contribution in [3.8, 4) is 11.6 Å². The first-order valence-corrected chi connectivity index (χ1v) is 8.25. The number of aromatic amines is 1. The van der Waals surface area contributed by atoms with E-state index in [0.29, 0.717) is 30.1 Å². The van der Waals surface area contributed by atoms with Gasteiger partial charge in [-0.05, 0) is 54.4 Å². The summed E-state index contributed by atoms with van der Waals surface area (Å²) in [4.78, 5) is 19.8. The number of hydrogen-bond acceptors (Lipinski definition) is 3. The molecule has 0 aliphatic carbocycles. The van der Waals surface area contributed by atoms with E-state index in [0.717, 1.165) is 16.6 Å². The highest BCUT2D eigenvalue weighted by Crippen LogP contribution is 2.23. The fourth-order valence-electron chi connectivity index (χ4n) is 2.75. The number of benzene rings is 2. The van der Waals surface area contributed by atoms with Gasteiger partial charge in [0.1, 0.15) is 5.82 Å². The average Bonchev–Trinajstić information content (AvgIpc) is 3.30. The van der Waals surface area contributed by atoms with Crippen LogP contribution in [0.3, 0.4) is 0 Å². The van der Waals surface area contributed by atoms with E-state index in [1.165, 1.54) is 12.1 Å². The number of anilines is 1. The number of halogens is 1.